The van der Waals surface area contributed by atoms with Crippen LogP contribution in [0.1, 0.15) is 97.3 Å². The minimum atomic E-state index is -1.49. The number of nitrogens with two attached hydrogens (primary N) is 1. The molecule has 17 nitrogen and oxygen atoms in total. The molecular weight excluding hydrogens is 684 g/mol. The van der Waals surface area contributed by atoms with Gasteiger partial charge in [-0.2, -0.15) is 11.8 Å². The largest absolute Gasteiger partial charge is 0.481 e. The van der Waals surface area contributed by atoms with Crippen molar-refractivity contribution >= 4 is 58.9 Å². The first-order chi connectivity index (χ1) is 24.2. The van der Waals surface area contributed by atoms with Crippen LogP contribution < -0.4 is 37.6 Å². The third-order valence-electron chi connectivity index (χ3n) is 8.39. The first kappa shape index (κ1) is 45.3. The van der Waals surface area contributed by atoms with Gasteiger partial charge < -0.3 is 47.8 Å². The van der Waals surface area contributed by atoms with Crippen molar-refractivity contribution in [3.8, 4) is 0 Å². The Morgan fingerprint density at radius 3 is 2.02 bits per heavy atom. The van der Waals surface area contributed by atoms with Crippen molar-refractivity contribution in [3.63, 3.8) is 0 Å². The van der Waals surface area contributed by atoms with Crippen LogP contribution in [0, 0.1) is 5.41 Å². The summed E-state index contributed by atoms with van der Waals surface area (Å²) in [4.78, 5) is 91.2. The lowest BCUT2D eigenvalue weighted by Crippen LogP contribution is -2.59. The third kappa shape index (κ3) is 18.9. The molecule has 0 bridgehead atoms. The number of carbonyl (C=O) groups excluding carboxylic acids is 6. The second-order valence-corrected chi connectivity index (χ2v) is 13.8. The zero-order valence-corrected chi connectivity index (χ0v) is 30.8. The molecule has 18 heteroatoms. The Kier molecular flexibility index (Phi) is 22.4. The van der Waals surface area contributed by atoms with Gasteiger partial charge in [-0.3, -0.25) is 39.0 Å². The van der Waals surface area contributed by atoms with Crippen molar-refractivity contribution in [2.24, 2.45) is 5.73 Å². The molecule has 11 N–H and O–H groups in total. The molecule has 1 heterocycles. The Bertz CT molecular complexity index is 1190. The van der Waals surface area contributed by atoms with Crippen molar-refractivity contribution in [3.05, 3.63) is 0 Å². The van der Waals surface area contributed by atoms with Crippen LogP contribution in [-0.4, -0.2) is 119 Å². The number of guanidine groups is 1. The second-order valence-electron chi connectivity index (χ2n) is 12.8. The molecule has 290 valence electrons. The zero-order valence-electron chi connectivity index (χ0n) is 30.0. The van der Waals surface area contributed by atoms with E-state index in [-0.39, 0.29) is 44.6 Å². The van der Waals surface area contributed by atoms with E-state index in [1.165, 1.54) is 18.7 Å². The molecule has 1 aliphatic heterocycles. The minimum absolute atomic E-state index is 0.0286. The van der Waals surface area contributed by atoms with E-state index < -0.39 is 83.9 Å². The fraction of sp³-hybridized carbons (Fsp3) is 0.758. The summed E-state index contributed by atoms with van der Waals surface area (Å²) in [5.41, 5.74) is 5.35. The maximum atomic E-state index is 13.7. The highest BCUT2D eigenvalue weighted by atomic mass is 32.2. The lowest BCUT2D eigenvalue weighted by Gasteiger charge is -2.27. The summed E-state index contributed by atoms with van der Waals surface area (Å²) in [5, 5.41) is 42.8. The molecule has 1 fully saturated rings. The molecule has 0 saturated carbocycles. The van der Waals surface area contributed by atoms with Gasteiger partial charge in [0.05, 0.1) is 18.2 Å². The number of aliphatic carboxylic acids is 1. The first-order valence-corrected chi connectivity index (χ1v) is 19.1. The van der Waals surface area contributed by atoms with Crippen LogP contribution in [0.3, 0.4) is 0 Å². The number of aliphatic hydroxyl groups is 1. The van der Waals surface area contributed by atoms with Gasteiger partial charge >= 0.3 is 5.97 Å². The number of nitrogens with one attached hydrogen (secondary N) is 7. The van der Waals surface area contributed by atoms with E-state index in [2.05, 4.69) is 31.9 Å². The maximum Gasteiger partial charge on any atom is 0.303 e. The Labute approximate surface area is 304 Å². The van der Waals surface area contributed by atoms with Gasteiger partial charge in [-0.1, -0.05) is 32.1 Å². The highest BCUT2D eigenvalue weighted by molar-refractivity contribution is 7.98. The Hall–Kier alpha value is -3.77. The Balaban J connectivity index is 3.43. The molecule has 0 aromatic heterocycles. The number of rotatable bonds is 11. The molecule has 0 aromatic rings. The summed E-state index contributed by atoms with van der Waals surface area (Å²) in [6.45, 7) is 3.56. The van der Waals surface area contributed by atoms with E-state index in [1.54, 1.807) is 6.92 Å². The van der Waals surface area contributed by atoms with Gasteiger partial charge in [-0.05, 0) is 70.9 Å². The molecule has 1 rings (SSSR count). The molecule has 3 unspecified atom stereocenters. The van der Waals surface area contributed by atoms with Gasteiger partial charge in [0.1, 0.15) is 18.1 Å². The van der Waals surface area contributed by atoms with Crippen LogP contribution in [0.25, 0.3) is 0 Å². The smallest absolute Gasteiger partial charge is 0.303 e. The summed E-state index contributed by atoms with van der Waals surface area (Å²) in [6.07, 6.45) is 5.77. The number of amides is 4. The van der Waals surface area contributed by atoms with E-state index in [9.17, 15) is 43.8 Å². The van der Waals surface area contributed by atoms with Crippen LogP contribution in [0.2, 0.25) is 0 Å². The number of carboxylic acid groups (broad SMARTS) is 1. The van der Waals surface area contributed by atoms with Gasteiger partial charge in [-0.15, -0.1) is 0 Å². The molecule has 1 aliphatic rings. The summed E-state index contributed by atoms with van der Waals surface area (Å²) in [6, 6.07) is -6.23. The molecule has 0 spiro atoms. The number of thioether (sulfide) groups is 1. The SMILES string of the molecule is CSCCC1NC(=O)[C@H](CCCNC(=N)N)NC(=O)C(CCC(=O)O)NC(=O)[C@H]([C@@H](C)O)NC(=O)CCCCCCCCCNC(C)C(=O)C1=O. The summed E-state index contributed by atoms with van der Waals surface area (Å²) >= 11 is 1.41. The van der Waals surface area contributed by atoms with Gasteiger partial charge in [-0.25, -0.2) is 0 Å². The van der Waals surface area contributed by atoms with Crippen LogP contribution in [-0.2, 0) is 33.6 Å². The lowest BCUT2D eigenvalue weighted by molar-refractivity contribution is -0.140. The van der Waals surface area contributed by atoms with Gasteiger partial charge in [0.25, 0.3) is 0 Å². The average molecular weight is 743 g/mol. The van der Waals surface area contributed by atoms with E-state index in [0.717, 1.165) is 38.5 Å². The van der Waals surface area contributed by atoms with Gasteiger partial charge in [0, 0.05) is 19.4 Å². The van der Waals surface area contributed by atoms with E-state index in [1.807, 2.05) is 6.26 Å². The quantitative estimate of drug-likeness (QED) is 0.0551. The standard InChI is InChI=1S/C33H58N8O9S/c1-20-28(46)29(47)22(16-19-51-3)38-30(48)23(12-11-18-37-33(34)35)39-31(49)24(14-15-26(44)45)40-32(50)27(21(2)42)41-25(43)13-9-7-5-4-6-8-10-17-36-20/h20-24,27,36,42H,4-19H2,1-3H3,(H,38,48)(H,39,49)(H,40,50)(H,41,43)(H,44,45)(H4,34,35,37)/t20?,21-,22?,23+,24?,27+/m1/s1. The Morgan fingerprint density at radius 2 is 1.43 bits per heavy atom. The van der Waals surface area contributed by atoms with Crippen LogP contribution in [0.15, 0.2) is 0 Å². The molecule has 4 amide bonds. The van der Waals surface area contributed by atoms with E-state index in [0.29, 0.717) is 18.7 Å². The Morgan fingerprint density at radius 1 is 0.863 bits per heavy atom. The number of Topliss-reactive ketones (excluding diaryl/α,β-unsaturated/α-hetero) is 2. The predicted octanol–water partition coefficient (Wildman–Crippen LogP) is -0.562. The van der Waals surface area contributed by atoms with Crippen molar-refractivity contribution in [2.75, 3.05) is 25.1 Å². The van der Waals surface area contributed by atoms with E-state index >= 15 is 0 Å². The van der Waals surface area contributed by atoms with Gasteiger partial charge in [0.2, 0.25) is 35.2 Å². The fourth-order valence-corrected chi connectivity index (χ4v) is 5.86. The number of aliphatic hydroxyl groups excluding tert-OH is 1. The first-order valence-electron chi connectivity index (χ1n) is 17.7. The van der Waals surface area contributed by atoms with Crippen molar-refractivity contribution in [2.45, 2.75) is 134 Å². The molecule has 0 radical (unpaired) electrons. The summed E-state index contributed by atoms with van der Waals surface area (Å²) in [7, 11) is 0. The lowest BCUT2D eigenvalue weighted by atomic mass is 10.0. The highest BCUT2D eigenvalue weighted by Crippen LogP contribution is 2.11. The third-order valence-corrected chi connectivity index (χ3v) is 9.03. The van der Waals surface area contributed by atoms with Crippen LogP contribution >= 0.6 is 11.8 Å². The van der Waals surface area contributed by atoms with Crippen LogP contribution in [0.4, 0.5) is 0 Å². The molecule has 51 heavy (non-hydrogen) atoms. The van der Waals surface area contributed by atoms with Crippen LogP contribution in [0.5, 0.6) is 0 Å². The van der Waals surface area contributed by atoms with E-state index in [4.69, 9.17) is 11.1 Å². The number of ketones is 2. The fourth-order valence-electron chi connectivity index (χ4n) is 5.39. The van der Waals surface area contributed by atoms with Crippen molar-refractivity contribution in [1.29, 1.82) is 5.41 Å². The maximum absolute atomic E-state index is 13.7. The summed E-state index contributed by atoms with van der Waals surface area (Å²) < 4.78 is 0. The number of hydrogen-bond donors (Lipinski definition) is 10. The number of carbonyl (C=O) groups is 7. The zero-order chi connectivity index (χ0) is 38.3. The highest BCUT2D eigenvalue weighted by Gasteiger charge is 2.34. The number of carboxylic acids is 1. The molecule has 0 aromatic carbocycles. The molecule has 0 aliphatic carbocycles. The van der Waals surface area contributed by atoms with Crippen molar-refractivity contribution < 1.29 is 43.8 Å². The minimum Gasteiger partial charge on any atom is -0.481 e. The average Bonchev–Trinajstić information content (AvgIpc) is 3.07. The monoisotopic (exact) mass is 742 g/mol. The van der Waals surface area contributed by atoms with Gasteiger partial charge in [0.15, 0.2) is 5.96 Å². The predicted molar refractivity (Wildman–Crippen MR) is 193 cm³/mol. The van der Waals surface area contributed by atoms with Crippen molar-refractivity contribution in [1.82, 2.24) is 31.9 Å². The summed E-state index contributed by atoms with van der Waals surface area (Å²) in [5.74, 6) is -5.72. The topological polar surface area (TPSA) is 282 Å². The second kappa shape index (κ2) is 25.2. The molecule has 6 atom stereocenters. The molecule has 1 saturated heterocycles. The normalized spacial score (nSPS) is 25.2. The molecular formula is C33H58N8O9S. The number of hydrogen-bond acceptors (Lipinski definition) is 11.